The fourth-order valence-corrected chi connectivity index (χ4v) is 1.71. The van der Waals surface area contributed by atoms with Crippen molar-refractivity contribution < 1.29 is 9.59 Å². The Morgan fingerprint density at radius 3 is 2.94 bits per heavy atom. The molecule has 1 aromatic rings. The van der Waals surface area contributed by atoms with E-state index >= 15 is 0 Å². The smallest absolute Gasteiger partial charge is 0.248 e. The van der Waals surface area contributed by atoms with E-state index in [1.165, 1.54) is 0 Å². The van der Waals surface area contributed by atoms with Crippen molar-refractivity contribution in [3.63, 3.8) is 0 Å². The highest BCUT2D eigenvalue weighted by molar-refractivity contribution is 9.10. The highest BCUT2D eigenvalue weighted by atomic mass is 79.9. The molecule has 1 aromatic heterocycles. The number of pyridine rings is 1. The largest absolute Gasteiger partial charge is 0.344 e. The number of rotatable bonds is 2. The van der Waals surface area contributed by atoms with E-state index in [1.807, 2.05) is 0 Å². The van der Waals surface area contributed by atoms with E-state index in [0.29, 0.717) is 18.7 Å². The van der Waals surface area contributed by atoms with E-state index < -0.39 is 6.04 Å². The summed E-state index contributed by atoms with van der Waals surface area (Å²) in [5.74, 6) is 0.180. The van der Waals surface area contributed by atoms with Gasteiger partial charge in [-0.1, -0.05) is 0 Å². The van der Waals surface area contributed by atoms with E-state index in [1.54, 1.807) is 18.3 Å². The van der Waals surface area contributed by atoms with E-state index in [9.17, 15) is 9.59 Å². The van der Waals surface area contributed by atoms with Gasteiger partial charge in [0.05, 0.1) is 0 Å². The maximum absolute atomic E-state index is 11.7. The van der Waals surface area contributed by atoms with Crippen molar-refractivity contribution in [1.29, 1.82) is 0 Å². The monoisotopic (exact) mass is 283 g/mol. The number of hydrogen-bond donors (Lipinski definition) is 2. The van der Waals surface area contributed by atoms with Crippen molar-refractivity contribution in [2.45, 2.75) is 18.9 Å². The zero-order valence-corrected chi connectivity index (χ0v) is 9.95. The molecule has 1 atom stereocenters. The number of carbonyl (C=O) groups is 2. The molecule has 5 nitrogen and oxygen atoms in total. The van der Waals surface area contributed by atoms with Crippen LogP contribution >= 0.6 is 15.9 Å². The first-order chi connectivity index (χ1) is 7.65. The maximum atomic E-state index is 11.7. The number of hydrogen-bond acceptors (Lipinski definition) is 3. The van der Waals surface area contributed by atoms with Crippen molar-refractivity contribution in [2.24, 2.45) is 0 Å². The lowest BCUT2D eigenvalue weighted by Gasteiger charge is -2.09. The average molecular weight is 284 g/mol. The lowest BCUT2D eigenvalue weighted by atomic mass is 10.2. The van der Waals surface area contributed by atoms with E-state index in [2.05, 4.69) is 31.5 Å². The van der Waals surface area contributed by atoms with Gasteiger partial charge in [0.2, 0.25) is 11.8 Å². The van der Waals surface area contributed by atoms with Crippen LogP contribution in [0.2, 0.25) is 0 Å². The highest BCUT2D eigenvalue weighted by Crippen LogP contribution is 2.12. The summed E-state index contributed by atoms with van der Waals surface area (Å²) in [6, 6.07) is 3.05. The molecule has 0 aromatic carbocycles. The van der Waals surface area contributed by atoms with Crippen molar-refractivity contribution >= 4 is 33.6 Å². The number of halogens is 1. The summed E-state index contributed by atoms with van der Waals surface area (Å²) >= 11 is 3.25. The van der Waals surface area contributed by atoms with Gasteiger partial charge in [-0.05, 0) is 34.5 Å². The molecule has 0 saturated carbocycles. The van der Waals surface area contributed by atoms with Gasteiger partial charge < -0.3 is 10.6 Å². The summed E-state index contributed by atoms with van der Waals surface area (Å²) in [7, 11) is 0. The minimum absolute atomic E-state index is 0.0797. The van der Waals surface area contributed by atoms with Gasteiger partial charge >= 0.3 is 0 Å². The number of carbonyl (C=O) groups excluding carboxylic acids is 2. The second-order valence-corrected chi connectivity index (χ2v) is 4.43. The lowest BCUT2D eigenvalue weighted by molar-refractivity contribution is -0.122. The minimum atomic E-state index is -0.432. The van der Waals surface area contributed by atoms with E-state index in [4.69, 9.17) is 0 Å². The molecule has 16 heavy (non-hydrogen) atoms. The molecule has 2 rings (SSSR count). The van der Waals surface area contributed by atoms with Gasteiger partial charge in [-0.3, -0.25) is 9.59 Å². The third-order valence-corrected chi connectivity index (χ3v) is 2.76. The van der Waals surface area contributed by atoms with Crippen molar-refractivity contribution in [1.82, 2.24) is 10.3 Å². The number of nitrogens with zero attached hydrogens (tertiary/aromatic N) is 1. The van der Waals surface area contributed by atoms with Crippen LogP contribution in [-0.4, -0.2) is 22.8 Å². The summed E-state index contributed by atoms with van der Waals surface area (Å²) in [5.41, 5.74) is 0. The molecule has 2 amide bonds. The quantitative estimate of drug-likeness (QED) is 0.853. The third kappa shape index (κ3) is 2.57. The second kappa shape index (κ2) is 4.61. The van der Waals surface area contributed by atoms with E-state index in [-0.39, 0.29) is 11.8 Å². The summed E-state index contributed by atoms with van der Waals surface area (Å²) < 4.78 is 0.847. The number of nitrogens with one attached hydrogen (secondary N) is 2. The van der Waals surface area contributed by atoms with Crippen LogP contribution in [0, 0.1) is 0 Å². The van der Waals surface area contributed by atoms with Crippen LogP contribution in [0.3, 0.4) is 0 Å². The molecule has 84 valence electrons. The van der Waals surface area contributed by atoms with Gasteiger partial charge in [0.25, 0.3) is 0 Å². The first-order valence-corrected chi connectivity index (χ1v) is 5.66. The Morgan fingerprint density at radius 1 is 1.56 bits per heavy atom. The lowest BCUT2D eigenvalue weighted by Crippen LogP contribution is -2.37. The Labute approximate surface area is 101 Å². The normalized spacial score (nSPS) is 19.3. The molecule has 2 N–H and O–H groups in total. The van der Waals surface area contributed by atoms with Gasteiger partial charge in [-0.25, -0.2) is 4.98 Å². The molecule has 0 unspecified atom stereocenters. The summed E-state index contributed by atoms with van der Waals surface area (Å²) in [6.45, 7) is 0. The zero-order chi connectivity index (χ0) is 11.5. The van der Waals surface area contributed by atoms with Crippen LogP contribution in [-0.2, 0) is 9.59 Å². The van der Waals surface area contributed by atoms with Crippen molar-refractivity contribution in [2.75, 3.05) is 5.32 Å². The Kier molecular flexibility index (Phi) is 3.19. The van der Waals surface area contributed by atoms with E-state index in [0.717, 1.165) is 4.47 Å². The number of aromatic nitrogens is 1. The van der Waals surface area contributed by atoms with Gasteiger partial charge in [0, 0.05) is 17.1 Å². The topological polar surface area (TPSA) is 71.1 Å². The summed E-state index contributed by atoms with van der Waals surface area (Å²) in [6.07, 6.45) is 2.55. The number of anilines is 1. The predicted molar refractivity (Wildman–Crippen MR) is 61.7 cm³/mol. The highest BCUT2D eigenvalue weighted by Gasteiger charge is 2.27. The van der Waals surface area contributed by atoms with Gasteiger partial charge in [0.15, 0.2) is 0 Å². The zero-order valence-electron chi connectivity index (χ0n) is 8.37. The first-order valence-electron chi connectivity index (χ1n) is 4.87. The first kappa shape index (κ1) is 11.1. The Balaban J connectivity index is 1.97. The van der Waals surface area contributed by atoms with Gasteiger partial charge in [-0.2, -0.15) is 0 Å². The van der Waals surface area contributed by atoms with Crippen LogP contribution in [0.5, 0.6) is 0 Å². The molecule has 0 radical (unpaired) electrons. The fraction of sp³-hybridized carbons (Fsp3) is 0.300. The summed E-state index contributed by atoms with van der Waals surface area (Å²) in [5, 5.41) is 5.24. The van der Waals surface area contributed by atoms with Crippen LogP contribution in [0.25, 0.3) is 0 Å². The Morgan fingerprint density at radius 2 is 2.38 bits per heavy atom. The molecular formula is C10H10BrN3O2. The molecule has 0 bridgehead atoms. The minimum Gasteiger partial charge on any atom is -0.344 e. The van der Waals surface area contributed by atoms with Gasteiger partial charge in [0.1, 0.15) is 11.9 Å². The molecule has 1 aliphatic rings. The molecular weight excluding hydrogens is 274 g/mol. The molecule has 1 aliphatic heterocycles. The molecule has 0 spiro atoms. The maximum Gasteiger partial charge on any atom is 0.248 e. The van der Waals surface area contributed by atoms with Crippen LogP contribution in [0.15, 0.2) is 22.8 Å². The second-order valence-electron chi connectivity index (χ2n) is 3.51. The molecule has 1 saturated heterocycles. The molecule has 6 heteroatoms. The predicted octanol–water partition coefficient (Wildman–Crippen LogP) is 1.06. The van der Waals surface area contributed by atoms with Crippen molar-refractivity contribution in [3.05, 3.63) is 22.8 Å². The van der Waals surface area contributed by atoms with Crippen LogP contribution < -0.4 is 10.6 Å². The molecule has 0 aliphatic carbocycles. The Bertz CT molecular complexity index is 419. The van der Waals surface area contributed by atoms with Crippen LogP contribution in [0.4, 0.5) is 5.82 Å². The average Bonchev–Trinajstić information content (AvgIpc) is 2.68. The Hall–Kier alpha value is -1.43. The third-order valence-electron chi connectivity index (χ3n) is 2.29. The standard InChI is InChI=1S/C10H10BrN3O2/c11-6-1-3-8(12-5-6)14-10(16)7-2-4-9(15)13-7/h1,3,5,7H,2,4H2,(H,13,15)(H,12,14,16)/t7-/m0/s1. The van der Waals surface area contributed by atoms with Gasteiger partial charge in [-0.15, -0.1) is 0 Å². The van der Waals surface area contributed by atoms with Crippen LogP contribution in [0.1, 0.15) is 12.8 Å². The van der Waals surface area contributed by atoms with Crippen molar-refractivity contribution in [3.8, 4) is 0 Å². The molecule has 1 fully saturated rings. The fourth-order valence-electron chi connectivity index (χ4n) is 1.47. The SMILES string of the molecule is O=C1CC[C@@H](C(=O)Nc2ccc(Br)cn2)N1. The molecule has 2 heterocycles. The number of amides is 2. The summed E-state index contributed by atoms with van der Waals surface area (Å²) in [4.78, 5) is 26.6.